The molecule has 1 N–H and O–H groups in total. The molecule has 1 atom stereocenters. The van der Waals surface area contributed by atoms with Gasteiger partial charge in [-0.05, 0) is 5.41 Å². The molecule has 1 unspecified atom stereocenters. The van der Waals surface area contributed by atoms with Gasteiger partial charge >= 0.3 is 0 Å². The van der Waals surface area contributed by atoms with Crippen LogP contribution in [-0.4, -0.2) is 47.3 Å². The van der Waals surface area contributed by atoms with Crippen LogP contribution in [0.1, 0.15) is 32.5 Å². The van der Waals surface area contributed by atoms with Crippen LogP contribution >= 0.6 is 0 Å². The molecule has 1 aliphatic rings. The largest absolute Gasteiger partial charge is 0.340 e. The lowest BCUT2D eigenvalue weighted by Crippen LogP contribution is -2.56. The van der Waals surface area contributed by atoms with Gasteiger partial charge in [0.2, 0.25) is 5.89 Å². The number of piperazine rings is 1. The van der Waals surface area contributed by atoms with Crippen molar-refractivity contribution in [1.29, 1.82) is 0 Å². The molecule has 0 aliphatic carbocycles. The maximum atomic E-state index is 4.99. The number of hydrogen-bond acceptors (Lipinski definition) is 5. The van der Waals surface area contributed by atoms with Crippen molar-refractivity contribution < 1.29 is 4.52 Å². The van der Waals surface area contributed by atoms with Crippen LogP contribution in [0, 0.1) is 12.3 Å². The van der Waals surface area contributed by atoms with Crippen molar-refractivity contribution in [1.82, 2.24) is 20.4 Å². The van der Waals surface area contributed by atoms with Crippen molar-refractivity contribution in [2.24, 2.45) is 5.41 Å². The van der Waals surface area contributed by atoms with Gasteiger partial charge in [-0.1, -0.05) is 25.9 Å². The Hall–Kier alpha value is -0.940. The van der Waals surface area contributed by atoms with Gasteiger partial charge in [0.05, 0.1) is 0 Å². The Morgan fingerprint density at radius 3 is 2.83 bits per heavy atom. The molecule has 5 nitrogen and oxygen atoms in total. The van der Waals surface area contributed by atoms with Gasteiger partial charge < -0.3 is 14.7 Å². The molecule has 5 heteroatoms. The molecule has 1 aromatic heterocycles. The van der Waals surface area contributed by atoms with Gasteiger partial charge in [0, 0.05) is 45.6 Å². The van der Waals surface area contributed by atoms with E-state index in [1.54, 1.807) is 0 Å². The number of aryl methyl sites for hydroxylation is 1. The van der Waals surface area contributed by atoms with E-state index in [0.717, 1.165) is 38.4 Å². The maximum Gasteiger partial charge on any atom is 0.223 e. The molecular formula is C13H24N4O. The molecule has 2 heterocycles. The lowest BCUT2D eigenvalue weighted by molar-refractivity contribution is 0.135. The van der Waals surface area contributed by atoms with E-state index in [2.05, 4.69) is 41.1 Å². The van der Waals surface area contributed by atoms with Crippen LogP contribution in [0.15, 0.2) is 4.52 Å². The highest BCUT2D eigenvalue weighted by Crippen LogP contribution is 2.21. The molecule has 102 valence electrons. The van der Waals surface area contributed by atoms with Crippen molar-refractivity contribution in [2.75, 3.05) is 26.2 Å². The van der Waals surface area contributed by atoms with E-state index in [1.165, 1.54) is 0 Å². The van der Waals surface area contributed by atoms with Crippen LogP contribution < -0.4 is 5.32 Å². The predicted octanol–water partition coefficient (Wildman–Crippen LogP) is 1.24. The molecule has 0 aromatic carbocycles. The normalized spacial score (nSPS) is 22.3. The first-order valence-electron chi connectivity index (χ1n) is 6.70. The second-order valence-electron chi connectivity index (χ2n) is 6.15. The van der Waals surface area contributed by atoms with Crippen molar-refractivity contribution in [3.63, 3.8) is 0 Å². The Bertz CT molecular complexity index is 383. The third kappa shape index (κ3) is 3.53. The van der Waals surface area contributed by atoms with Crippen molar-refractivity contribution in [3.8, 4) is 0 Å². The number of rotatable bonds is 3. The molecule has 2 rings (SSSR count). The Kier molecular flexibility index (Phi) is 4.02. The highest BCUT2D eigenvalue weighted by atomic mass is 16.5. The average molecular weight is 252 g/mol. The third-order valence-electron chi connectivity index (χ3n) is 3.53. The van der Waals surface area contributed by atoms with Gasteiger partial charge in [0.15, 0.2) is 5.82 Å². The van der Waals surface area contributed by atoms with Gasteiger partial charge in [-0.2, -0.15) is 4.98 Å². The molecule has 1 saturated heterocycles. The average Bonchev–Trinajstić information content (AvgIpc) is 2.72. The van der Waals surface area contributed by atoms with Crippen LogP contribution in [0.2, 0.25) is 0 Å². The minimum absolute atomic E-state index is 0.307. The molecule has 1 aromatic rings. The molecule has 0 saturated carbocycles. The summed E-state index contributed by atoms with van der Waals surface area (Å²) in [5.74, 6) is 1.47. The van der Waals surface area contributed by atoms with Crippen molar-refractivity contribution in [2.45, 2.75) is 40.2 Å². The summed E-state index contributed by atoms with van der Waals surface area (Å²) in [6.07, 6.45) is 0.869. The molecular weight excluding hydrogens is 228 g/mol. The molecule has 1 fully saturated rings. The summed E-state index contributed by atoms with van der Waals surface area (Å²) in [7, 11) is 0. The van der Waals surface area contributed by atoms with Crippen LogP contribution in [0.3, 0.4) is 0 Å². The summed E-state index contributed by atoms with van der Waals surface area (Å²) >= 11 is 0. The highest BCUT2D eigenvalue weighted by molar-refractivity contribution is 4.90. The topological polar surface area (TPSA) is 54.2 Å². The molecule has 1 aliphatic heterocycles. The monoisotopic (exact) mass is 252 g/mol. The Balaban J connectivity index is 1.83. The minimum atomic E-state index is 0.307. The summed E-state index contributed by atoms with van der Waals surface area (Å²) in [6.45, 7) is 13.0. The van der Waals surface area contributed by atoms with Crippen LogP contribution in [-0.2, 0) is 6.42 Å². The fourth-order valence-electron chi connectivity index (χ4n) is 2.30. The van der Waals surface area contributed by atoms with E-state index in [0.29, 0.717) is 17.3 Å². The summed E-state index contributed by atoms with van der Waals surface area (Å²) in [6, 6.07) is 0.554. The van der Waals surface area contributed by atoms with Crippen LogP contribution in [0.4, 0.5) is 0 Å². The molecule has 0 radical (unpaired) electrons. The van der Waals surface area contributed by atoms with Crippen molar-refractivity contribution in [3.05, 3.63) is 11.7 Å². The summed E-state index contributed by atoms with van der Waals surface area (Å²) in [4.78, 5) is 6.73. The van der Waals surface area contributed by atoms with Crippen molar-refractivity contribution >= 4 is 0 Å². The number of nitrogens with one attached hydrogen (secondary N) is 1. The van der Waals surface area contributed by atoms with E-state index in [1.807, 2.05) is 6.92 Å². The van der Waals surface area contributed by atoms with E-state index in [4.69, 9.17) is 4.52 Å². The first kappa shape index (κ1) is 13.5. The Morgan fingerprint density at radius 2 is 2.22 bits per heavy atom. The number of aromatic nitrogens is 2. The van der Waals surface area contributed by atoms with E-state index >= 15 is 0 Å². The van der Waals surface area contributed by atoms with Crippen LogP contribution in [0.5, 0.6) is 0 Å². The standard InChI is InChI=1S/C13H24N4O/c1-10-15-12(16-18-10)5-7-17-8-6-14-11(9-17)13(2,3)4/h11,14H,5-9H2,1-4H3. The quantitative estimate of drug-likeness (QED) is 0.877. The fraction of sp³-hybridized carbons (Fsp3) is 0.846. The lowest BCUT2D eigenvalue weighted by atomic mass is 9.85. The lowest BCUT2D eigenvalue weighted by Gasteiger charge is -2.40. The zero-order valence-electron chi connectivity index (χ0n) is 11.9. The maximum absolute atomic E-state index is 4.99. The predicted molar refractivity (Wildman–Crippen MR) is 70.4 cm³/mol. The summed E-state index contributed by atoms with van der Waals surface area (Å²) in [5.41, 5.74) is 0.307. The van der Waals surface area contributed by atoms with E-state index < -0.39 is 0 Å². The summed E-state index contributed by atoms with van der Waals surface area (Å²) < 4.78 is 4.99. The van der Waals surface area contributed by atoms with Gasteiger partial charge in [-0.3, -0.25) is 0 Å². The Morgan fingerprint density at radius 1 is 1.44 bits per heavy atom. The molecule has 18 heavy (non-hydrogen) atoms. The first-order chi connectivity index (χ1) is 8.45. The molecule has 0 bridgehead atoms. The SMILES string of the molecule is Cc1nc(CCN2CCNC(C(C)(C)C)C2)no1. The fourth-order valence-corrected chi connectivity index (χ4v) is 2.30. The van der Waals surface area contributed by atoms with Gasteiger partial charge in [0.25, 0.3) is 0 Å². The van der Waals surface area contributed by atoms with E-state index in [9.17, 15) is 0 Å². The van der Waals surface area contributed by atoms with Gasteiger partial charge in [-0.25, -0.2) is 0 Å². The van der Waals surface area contributed by atoms with Gasteiger partial charge in [0.1, 0.15) is 0 Å². The van der Waals surface area contributed by atoms with E-state index in [-0.39, 0.29) is 0 Å². The Labute approximate surface area is 109 Å². The molecule has 0 amide bonds. The second kappa shape index (κ2) is 5.36. The van der Waals surface area contributed by atoms with Gasteiger partial charge in [-0.15, -0.1) is 0 Å². The zero-order chi connectivity index (χ0) is 13.2. The zero-order valence-corrected chi connectivity index (χ0v) is 11.9. The highest BCUT2D eigenvalue weighted by Gasteiger charge is 2.29. The second-order valence-corrected chi connectivity index (χ2v) is 6.15. The van der Waals surface area contributed by atoms with Crippen LogP contribution in [0.25, 0.3) is 0 Å². The molecule has 0 spiro atoms. The first-order valence-corrected chi connectivity index (χ1v) is 6.70. The smallest absolute Gasteiger partial charge is 0.223 e. The summed E-state index contributed by atoms with van der Waals surface area (Å²) in [5, 5.41) is 7.54. The number of hydrogen-bond donors (Lipinski definition) is 1. The minimum Gasteiger partial charge on any atom is -0.340 e. The third-order valence-corrected chi connectivity index (χ3v) is 3.53. The number of nitrogens with zero attached hydrogens (tertiary/aromatic N) is 3.